The molecule has 0 aliphatic carbocycles. The van der Waals surface area contributed by atoms with Gasteiger partial charge in [0.1, 0.15) is 11.9 Å². The predicted octanol–water partition coefficient (Wildman–Crippen LogP) is 0.426. The van der Waals surface area contributed by atoms with Crippen molar-refractivity contribution in [1.29, 1.82) is 0 Å². The van der Waals surface area contributed by atoms with Gasteiger partial charge in [-0.3, -0.25) is 4.79 Å². The summed E-state index contributed by atoms with van der Waals surface area (Å²) in [4.78, 5) is 14.5. The summed E-state index contributed by atoms with van der Waals surface area (Å²) >= 11 is 0. The Kier molecular flexibility index (Phi) is 5.91. The monoisotopic (exact) mass is 385 g/mol. The molecular weight excluding hydrogens is 361 g/mol. The number of rotatable bonds is 3. The molecule has 26 heavy (non-hydrogen) atoms. The third-order valence-electron chi connectivity index (χ3n) is 4.80. The maximum absolute atomic E-state index is 13.1. The molecular formula is C17H24FN3O4S. The predicted molar refractivity (Wildman–Crippen MR) is 93.6 cm³/mol. The first-order valence-electron chi connectivity index (χ1n) is 8.79. The van der Waals surface area contributed by atoms with Gasteiger partial charge in [0.15, 0.2) is 0 Å². The van der Waals surface area contributed by atoms with Crippen molar-refractivity contribution >= 4 is 15.9 Å². The molecule has 0 radical (unpaired) electrons. The average molecular weight is 385 g/mol. The SMILES string of the molecule is C[C@H]1OCCN[C@@H]1C(=O)N1CCCN(S(=O)(=O)c2ccc(F)cc2)CC1. The first-order valence-corrected chi connectivity index (χ1v) is 10.2. The van der Waals surface area contributed by atoms with Gasteiger partial charge in [-0.1, -0.05) is 0 Å². The number of benzene rings is 1. The van der Waals surface area contributed by atoms with Gasteiger partial charge >= 0.3 is 0 Å². The summed E-state index contributed by atoms with van der Waals surface area (Å²) in [5, 5.41) is 3.18. The molecule has 144 valence electrons. The molecule has 2 aliphatic heterocycles. The van der Waals surface area contributed by atoms with E-state index in [1.165, 1.54) is 16.4 Å². The summed E-state index contributed by atoms with van der Waals surface area (Å²) in [5.41, 5.74) is 0. The van der Waals surface area contributed by atoms with Crippen LogP contribution in [-0.4, -0.2) is 75.0 Å². The first-order chi connectivity index (χ1) is 12.4. The number of nitrogens with zero attached hydrogens (tertiary/aromatic N) is 2. The van der Waals surface area contributed by atoms with Crippen LogP contribution in [0.1, 0.15) is 13.3 Å². The van der Waals surface area contributed by atoms with Gasteiger partial charge in [-0.05, 0) is 37.6 Å². The summed E-state index contributed by atoms with van der Waals surface area (Å²) in [6, 6.07) is 4.41. The maximum Gasteiger partial charge on any atom is 0.243 e. The van der Waals surface area contributed by atoms with E-state index in [4.69, 9.17) is 4.74 Å². The van der Waals surface area contributed by atoms with E-state index in [9.17, 15) is 17.6 Å². The van der Waals surface area contributed by atoms with Crippen molar-refractivity contribution in [2.24, 2.45) is 0 Å². The second-order valence-corrected chi connectivity index (χ2v) is 8.48. The molecule has 0 unspecified atom stereocenters. The second kappa shape index (κ2) is 7.99. The van der Waals surface area contributed by atoms with E-state index >= 15 is 0 Å². The Labute approximate surface area is 153 Å². The largest absolute Gasteiger partial charge is 0.375 e. The third-order valence-corrected chi connectivity index (χ3v) is 6.71. The molecule has 1 aromatic carbocycles. The van der Waals surface area contributed by atoms with E-state index in [1.807, 2.05) is 6.92 Å². The van der Waals surface area contributed by atoms with Gasteiger partial charge in [-0.25, -0.2) is 12.8 Å². The lowest BCUT2D eigenvalue weighted by Crippen LogP contribution is -2.56. The van der Waals surface area contributed by atoms with Crippen molar-refractivity contribution in [1.82, 2.24) is 14.5 Å². The minimum Gasteiger partial charge on any atom is -0.375 e. The van der Waals surface area contributed by atoms with Gasteiger partial charge in [0.05, 0.1) is 17.6 Å². The molecule has 0 spiro atoms. The average Bonchev–Trinajstić information content (AvgIpc) is 2.89. The number of nitrogens with one attached hydrogen (secondary N) is 1. The molecule has 2 fully saturated rings. The molecule has 2 atom stereocenters. The van der Waals surface area contributed by atoms with Gasteiger partial charge in [0.2, 0.25) is 15.9 Å². The van der Waals surface area contributed by atoms with Crippen LogP contribution < -0.4 is 5.32 Å². The molecule has 0 aromatic heterocycles. The zero-order valence-corrected chi connectivity index (χ0v) is 15.5. The Morgan fingerprint density at radius 2 is 1.92 bits per heavy atom. The van der Waals surface area contributed by atoms with Gasteiger partial charge in [0.25, 0.3) is 0 Å². The third kappa shape index (κ3) is 4.06. The number of carbonyl (C=O) groups excluding carboxylic acids is 1. The quantitative estimate of drug-likeness (QED) is 0.816. The van der Waals surface area contributed by atoms with Crippen molar-refractivity contribution in [3.63, 3.8) is 0 Å². The lowest BCUT2D eigenvalue weighted by molar-refractivity contribution is -0.139. The molecule has 0 saturated carbocycles. The highest BCUT2D eigenvalue weighted by Gasteiger charge is 2.34. The normalized spacial score (nSPS) is 25.7. The van der Waals surface area contributed by atoms with E-state index in [-0.39, 0.29) is 23.5 Å². The van der Waals surface area contributed by atoms with Crippen molar-refractivity contribution in [3.05, 3.63) is 30.1 Å². The second-order valence-electron chi connectivity index (χ2n) is 6.54. The van der Waals surface area contributed by atoms with Crippen LogP contribution in [0.25, 0.3) is 0 Å². The highest BCUT2D eigenvalue weighted by Crippen LogP contribution is 2.19. The number of ether oxygens (including phenoxy) is 1. The summed E-state index contributed by atoms with van der Waals surface area (Å²) in [7, 11) is -3.70. The van der Waals surface area contributed by atoms with Crippen LogP contribution in [-0.2, 0) is 19.6 Å². The number of hydrogen-bond acceptors (Lipinski definition) is 5. The molecule has 2 aliphatic rings. The number of sulfonamides is 1. The highest BCUT2D eigenvalue weighted by molar-refractivity contribution is 7.89. The fraction of sp³-hybridized carbons (Fsp3) is 0.588. The molecule has 2 heterocycles. The highest BCUT2D eigenvalue weighted by atomic mass is 32.2. The molecule has 1 N–H and O–H groups in total. The van der Waals surface area contributed by atoms with E-state index in [2.05, 4.69) is 5.32 Å². The van der Waals surface area contributed by atoms with E-state index in [0.29, 0.717) is 39.2 Å². The fourth-order valence-electron chi connectivity index (χ4n) is 3.32. The Bertz CT molecular complexity index is 741. The van der Waals surface area contributed by atoms with Crippen molar-refractivity contribution in [2.75, 3.05) is 39.3 Å². The Morgan fingerprint density at radius 1 is 1.19 bits per heavy atom. The summed E-state index contributed by atoms with van der Waals surface area (Å²) < 4.78 is 45.5. The smallest absolute Gasteiger partial charge is 0.243 e. The lowest BCUT2D eigenvalue weighted by Gasteiger charge is -2.33. The molecule has 3 rings (SSSR count). The van der Waals surface area contributed by atoms with Crippen LogP contribution in [0.2, 0.25) is 0 Å². The van der Waals surface area contributed by atoms with Gasteiger partial charge in [-0.15, -0.1) is 0 Å². The van der Waals surface area contributed by atoms with Crippen molar-refractivity contribution in [2.45, 2.75) is 30.4 Å². The fourth-order valence-corrected chi connectivity index (χ4v) is 4.79. The minimum atomic E-state index is -3.70. The Hall–Kier alpha value is -1.55. The minimum absolute atomic E-state index is 0.0572. The Balaban J connectivity index is 1.68. The van der Waals surface area contributed by atoms with Crippen LogP contribution >= 0.6 is 0 Å². The van der Waals surface area contributed by atoms with Crippen LogP contribution in [0.15, 0.2) is 29.2 Å². The van der Waals surface area contributed by atoms with Gasteiger partial charge in [0, 0.05) is 32.7 Å². The van der Waals surface area contributed by atoms with Crippen molar-refractivity contribution in [3.8, 4) is 0 Å². The first kappa shape index (κ1) is 19.2. The molecule has 1 aromatic rings. The summed E-state index contributed by atoms with van der Waals surface area (Å²) in [6.45, 7) is 4.43. The van der Waals surface area contributed by atoms with Crippen LogP contribution in [0.3, 0.4) is 0 Å². The topological polar surface area (TPSA) is 79.0 Å². The van der Waals surface area contributed by atoms with Crippen LogP contribution in [0, 0.1) is 5.82 Å². The molecule has 2 saturated heterocycles. The molecule has 0 bridgehead atoms. The Morgan fingerprint density at radius 3 is 2.62 bits per heavy atom. The summed E-state index contributed by atoms with van der Waals surface area (Å²) in [5.74, 6) is -0.536. The zero-order chi connectivity index (χ0) is 18.7. The molecule has 7 nitrogen and oxygen atoms in total. The van der Waals surface area contributed by atoms with Gasteiger partial charge < -0.3 is 15.0 Å². The van der Waals surface area contributed by atoms with Crippen molar-refractivity contribution < 1.29 is 22.3 Å². The number of amides is 1. The van der Waals surface area contributed by atoms with E-state index < -0.39 is 21.9 Å². The van der Waals surface area contributed by atoms with Gasteiger partial charge in [-0.2, -0.15) is 4.31 Å². The summed E-state index contributed by atoms with van der Waals surface area (Å²) in [6.07, 6.45) is 0.340. The number of hydrogen-bond donors (Lipinski definition) is 1. The van der Waals surface area contributed by atoms with E-state index in [0.717, 1.165) is 12.1 Å². The standard InChI is InChI=1S/C17H24FN3O4S/c1-13-16(19-7-12-25-13)17(22)20-8-2-9-21(11-10-20)26(23,24)15-5-3-14(18)4-6-15/h3-6,13,16,19H,2,7-12H2,1H3/t13-,16+/m1/s1. The molecule has 1 amide bonds. The molecule has 9 heteroatoms. The zero-order valence-electron chi connectivity index (χ0n) is 14.7. The maximum atomic E-state index is 13.1. The van der Waals surface area contributed by atoms with Crippen LogP contribution in [0.5, 0.6) is 0 Å². The number of morpholine rings is 1. The van der Waals surface area contributed by atoms with Crippen LogP contribution in [0.4, 0.5) is 4.39 Å². The van der Waals surface area contributed by atoms with E-state index in [1.54, 1.807) is 4.90 Å². The lowest BCUT2D eigenvalue weighted by atomic mass is 10.1. The number of halogens is 1. The number of carbonyl (C=O) groups is 1.